The molecule has 1 rings (SSSR count). The van der Waals surface area contributed by atoms with E-state index in [0.29, 0.717) is 0 Å². The summed E-state index contributed by atoms with van der Waals surface area (Å²) in [7, 11) is -19.5. The van der Waals surface area contributed by atoms with Gasteiger partial charge in [-0.25, -0.2) is 0 Å². The van der Waals surface area contributed by atoms with E-state index in [1.165, 1.54) is 0 Å². The first-order valence-corrected chi connectivity index (χ1v) is 32.7. The van der Waals surface area contributed by atoms with Crippen molar-refractivity contribution in [3.63, 3.8) is 0 Å². The molecule has 1 aliphatic rings. The van der Waals surface area contributed by atoms with E-state index < -0.39 is 69.2 Å². The second kappa shape index (κ2) is 9.81. The molecule has 31 heavy (non-hydrogen) atoms. The molecule has 1 aliphatic heterocycles. The standard InChI is InChI=1S/C15H46O8Si8/c1-24-16-25(2,3)18-27(6,7)20-29(10,11)22-31(14,15)23-30(12,13)21-28(8,9)19-26(4,5)17-24/h24H,1-15H3. The van der Waals surface area contributed by atoms with Gasteiger partial charge in [0, 0.05) is 0 Å². The SMILES string of the molecule is C[SiH]1O[Si](C)(C)O[Si](C)(C)O[Si](C)(C)O[Si](C)(C)O[Si](C)(C)O[Si](C)(C)O[Si](C)(C)O1. The molecule has 0 N–H and O–H groups in total. The fourth-order valence-corrected chi connectivity index (χ4v) is 43.9. The molecule has 0 saturated carbocycles. The Morgan fingerprint density at radius 3 is 0.677 bits per heavy atom. The summed E-state index contributed by atoms with van der Waals surface area (Å²) in [5.74, 6) is 0. The largest absolute Gasteiger partial charge is 0.418 e. The Labute approximate surface area is 199 Å². The zero-order valence-corrected chi connectivity index (χ0v) is 30.5. The van der Waals surface area contributed by atoms with Gasteiger partial charge in [-0.2, -0.15) is 0 Å². The Hall–Kier alpha value is 1.42. The molecule has 0 spiro atoms. The van der Waals surface area contributed by atoms with Gasteiger partial charge in [-0.15, -0.1) is 0 Å². The summed E-state index contributed by atoms with van der Waals surface area (Å²) in [6.45, 7) is 30.9. The maximum atomic E-state index is 6.58. The van der Waals surface area contributed by atoms with Gasteiger partial charge in [-0.1, -0.05) is 0 Å². The van der Waals surface area contributed by atoms with Gasteiger partial charge in [-0.05, 0) is 98.2 Å². The maximum absolute atomic E-state index is 6.58. The zero-order chi connectivity index (χ0) is 24.7. The molecule has 8 nitrogen and oxygen atoms in total. The lowest BCUT2D eigenvalue weighted by atomic mass is 11.9. The third kappa shape index (κ3) is 12.1. The van der Waals surface area contributed by atoms with Crippen LogP contribution in [0.1, 0.15) is 0 Å². The van der Waals surface area contributed by atoms with E-state index in [2.05, 4.69) is 91.7 Å². The second-order valence-corrected chi connectivity index (χ2v) is 38.7. The Morgan fingerprint density at radius 1 is 0.323 bits per heavy atom. The smallest absolute Gasteiger partial charge is 0.314 e. The molecule has 0 aromatic rings. The first-order chi connectivity index (χ1) is 13.3. The van der Waals surface area contributed by atoms with Crippen molar-refractivity contribution < 1.29 is 32.9 Å². The van der Waals surface area contributed by atoms with Crippen molar-refractivity contribution >= 4 is 69.2 Å². The van der Waals surface area contributed by atoms with Crippen molar-refractivity contribution in [3.8, 4) is 0 Å². The van der Waals surface area contributed by atoms with E-state index in [-0.39, 0.29) is 0 Å². The molecule has 1 fully saturated rings. The van der Waals surface area contributed by atoms with E-state index in [9.17, 15) is 0 Å². The van der Waals surface area contributed by atoms with Gasteiger partial charge in [0.2, 0.25) is 0 Å². The van der Waals surface area contributed by atoms with Crippen LogP contribution in [0.3, 0.4) is 0 Å². The summed E-state index contributed by atoms with van der Waals surface area (Å²) in [6.07, 6.45) is 0. The monoisotopic (exact) mass is 578 g/mol. The minimum Gasteiger partial charge on any atom is -0.418 e. The predicted octanol–water partition coefficient (Wildman–Crippen LogP) is 4.90. The second-order valence-electron chi connectivity index (χ2n) is 11.2. The number of rotatable bonds is 0. The minimum atomic E-state index is -2.52. The molecule has 0 radical (unpaired) electrons. The van der Waals surface area contributed by atoms with Gasteiger partial charge in [0.25, 0.3) is 0 Å². The van der Waals surface area contributed by atoms with E-state index in [0.717, 1.165) is 0 Å². The molecule has 0 aromatic carbocycles. The maximum Gasteiger partial charge on any atom is 0.314 e. The van der Waals surface area contributed by atoms with Gasteiger partial charge >= 0.3 is 69.2 Å². The average Bonchev–Trinajstić information content (AvgIpc) is 2.22. The molecular weight excluding hydrogens is 533 g/mol. The Morgan fingerprint density at radius 2 is 0.484 bits per heavy atom. The van der Waals surface area contributed by atoms with Gasteiger partial charge in [0.1, 0.15) is 0 Å². The van der Waals surface area contributed by atoms with Gasteiger partial charge in [0.05, 0.1) is 0 Å². The molecule has 186 valence electrons. The fraction of sp³-hybridized carbons (Fsp3) is 1.00. The average molecular weight is 579 g/mol. The predicted molar refractivity (Wildman–Crippen MR) is 144 cm³/mol. The van der Waals surface area contributed by atoms with Crippen LogP contribution in [0, 0.1) is 0 Å². The van der Waals surface area contributed by atoms with Crippen LogP contribution in [0.5, 0.6) is 0 Å². The third-order valence-corrected chi connectivity index (χ3v) is 34.6. The van der Waals surface area contributed by atoms with Gasteiger partial charge in [0.15, 0.2) is 0 Å². The topological polar surface area (TPSA) is 73.8 Å². The fourth-order valence-electron chi connectivity index (χ4n) is 4.53. The highest BCUT2D eigenvalue weighted by Crippen LogP contribution is 2.29. The van der Waals surface area contributed by atoms with E-state index in [1.54, 1.807) is 0 Å². The molecule has 0 atom stereocenters. The van der Waals surface area contributed by atoms with Crippen LogP contribution in [-0.4, -0.2) is 69.2 Å². The van der Waals surface area contributed by atoms with Crippen molar-refractivity contribution in [2.45, 2.75) is 98.2 Å². The normalized spacial score (nSPS) is 31.1. The van der Waals surface area contributed by atoms with E-state index >= 15 is 0 Å². The molecular formula is C15H46O8Si8. The zero-order valence-electron chi connectivity index (χ0n) is 22.3. The van der Waals surface area contributed by atoms with Crippen molar-refractivity contribution in [2.24, 2.45) is 0 Å². The lowest BCUT2D eigenvalue weighted by molar-refractivity contribution is 0.247. The molecule has 0 unspecified atom stereocenters. The lowest BCUT2D eigenvalue weighted by Gasteiger charge is -2.44. The summed E-state index contributed by atoms with van der Waals surface area (Å²) in [4.78, 5) is 0. The highest BCUT2D eigenvalue weighted by Gasteiger charge is 2.49. The van der Waals surface area contributed by atoms with Crippen molar-refractivity contribution in [1.29, 1.82) is 0 Å². The van der Waals surface area contributed by atoms with Crippen molar-refractivity contribution in [2.75, 3.05) is 0 Å². The summed E-state index contributed by atoms with van der Waals surface area (Å²) in [5, 5.41) is 0. The van der Waals surface area contributed by atoms with Gasteiger partial charge in [-0.3, -0.25) is 0 Å². The minimum absolute atomic E-state index is 1.98. The molecule has 0 bridgehead atoms. The summed E-state index contributed by atoms with van der Waals surface area (Å²) in [5.41, 5.74) is 0. The van der Waals surface area contributed by atoms with E-state index in [1.807, 2.05) is 6.55 Å². The molecule has 0 aliphatic carbocycles. The Balaban J connectivity index is 3.31. The number of hydrogen-bond acceptors (Lipinski definition) is 8. The molecule has 1 heterocycles. The number of hydrogen-bond donors (Lipinski definition) is 0. The molecule has 1 saturated heterocycles. The molecule has 0 amide bonds. The van der Waals surface area contributed by atoms with E-state index in [4.69, 9.17) is 32.9 Å². The highest BCUT2D eigenvalue weighted by molar-refractivity contribution is 6.92. The Bertz CT molecular complexity index is 576. The first kappa shape index (κ1) is 30.4. The van der Waals surface area contributed by atoms with Crippen LogP contribution in [0.25, 0.3) is 0 Å². The van der Waals surface area contributed by atoms with Crippen LogP contribution in [0.2, 0.25) is 98.2 Å². The quantitative estimate of drug-likeness (QED) is 0.376. The van der Waals surface area contributed by atoms with Crippen LogP contribution >= 0.6 is 0 Å². The van der Waals surface area contributed by atoms with Gasteiger partial charge < -0.3 is 32.9 Å². The van der Waals surface area contributed by atoms with Crippen molar-refractivity contribution in [3.05, 3.63) is 0 Å². The Kier molecular flexibility index (Phi) is 9.64. The molecule has 0 aromatic heterocycles. The first-order valence-electron chi connectivity index (χ1n) is 10.9. The van der Waals surface area contributed by atoms with Crippen LogP contribution in [0.15, 0.2) is 0 Å². The highest BCUT2D eigenvalue weighted by atomic mass is 28.5. The lowest BCUT2D eigenvalue weighted by Crippen LogP contribution is -2.62. The van der Waals surface area contributed by atoms with Crippen LogP contribution in [-0.2, 0) is 32.9 Å². The van der Waals surface area contributed by atoms with Crippen molar-refractivity contribution in [1.82, 2.24) is 0 Å². The van der Waals surface area contributed by atoms with Crippen LogP contribution < -0.4 is 0 Å². The summed E-state index contributed by atoms with van der Waals surface area (Å²) in [6, 6.07) is 0. The van der Waals surface area contributed by atoms with Crippen LogP contribution in [0.4, 0.5) is 0 Å². The molecule has 16 heteroatoms. The summed E-state index contributed by atoms with van der Waals surface area (Å²) < 4.78 is 52.2. The summed E-state index contributed by atoms with van der Waals surface area (Å²) >= 11 is 0. The third-order valence-electron chi connectivity index (χ3n) is 3.85.